The molecule has 2 aliphatic rings. The molecule has 0 radical (unpaired) electrons. The third kappa shape index (κ3) is 5.37. The van der Waals surface area contributed by atoms with Gasteiger partial charge in [-0.15, -0.1) is 12.4 Å². The number of halogens is 1. The van der Waals surface area contributed by atoms with Gasteiger partial charge in [0.2, 0.25) is 0 Å². The molecule has 1 aliphatic heterocycles. The maximum absolute atomic E-state index is 5.50. The molecule has 0 unspecified atom stereocenters. The first-order chi connectivity index (χ1) is 16.8. The largest absolute Gasteiger partial charge is 0.497 e. The summed E-state index contributed by atoms with van der Waals surface area (Å²) in [6.45, 7) is 3.06. The Morgan fingerprint density at radius 3 is 2.03 bits per heavy atom. The molecule has 180 valence electrons. The topological polar surface area (TPSA) is 21.7 Å². The van der Waals surface area contributed by atoms with Gasteiger partial charge >= 0.3 is 0 Å². The average Bonchev–Trinajstić information content (AvgIpc) is 3.06. The lowest BCUT2D eigenvalue weighted by Gasteiger charge is -2.29. The molecule has 1 fully saturated rings. The van der Waals surface area contributed by atoms with Crippen LogP contribution in [0, 0.1) is 0 Å². The summed E-state index contributed by atoms with van der Waals surface area (Å²) in [5.41, 5.74) is 9.37. The van der Waals surface area contributed by atoms with E-state index in [9.17, 15) is 0 Å². The van der Waals surface area contributed by atoms with Gasteiger partial charge in [0.1, 0.15) is 11.5 Å². The molecular formula is C31H32ClNO2. The second-order valence-corrected chi connectivity index (χ2v) is 8.80. The zero-order chi connectivity index (χ0) is 23.3. The number of hydrogen-bond acceptors (Lipinski definition) is 3. The standard InChI is InChI=1S/C31H31NO2.ClH/c1-33-27-15-16-30(34-2)26(22-27)10-7-19-32-20-17-25(18-21-32)31-28-11-5-3-8-23(28)13-14-24-9-4-6-12-29(24)31;/h3-16,22H,17-21H2,1-2H3;1H/b10-7+;. The minimum Gasteiger partial charge on any atom is -0.497 e. The molecule has 0 spiro atoms. The predicted molar refractivity (Wildman–Crippen MR) is 149 cm³/mol. The van der Waals surface area contributed by atoms with Gasteiger partial charge in [-0.3, -0.25) is 4.90 Å². The Kier molecular flexibility index (Phi) is 8.12. The van der Waals surface area contributed by atoms with Crippen LogP contribution in [0.15, 0.2) is 78.4 Å². The Bertz CT molecular complexity index is 1210. The molecule has 0 bridgehead atoms. The van der Waals surface area contributed by atoms with Crippen LogP contribution in [0.4, 0.5) is 0 Å². The zero-order valence-corrected chi connectivity index (χ0v) is 21.2. The summed E-state index contributed by atoms with van der Waals surface area (Å²) in [7, 11) is 3.40. The third-order valence-electron chi connectivity index (χ3n) is 6.81. The average molecular weight is 486 g/mol. The van der Waals surface area contributed by atoms with Gasteiger partial charge in [-0.1, -0.05) is 78.4 Å². The second-order valence-electron chi connectivity index (χ2n) is 8.80. The van der Waals surface area contributed by atoms with E-state index in [2.05, 4.69) is 77.7 Å². The van der Waals surface area contributed by atoms with E-state index >= 15 is 0 Å². The van der Waals surface area contributed by atoms with E-state index in [0.29, 0.717) is 0 Å². The van der Waals surface area contributed by atoms with Crippen molar-refractivity contribution < 1.29 is 9.47 Å². The summed E-state index contributed by atoms with van der Waals surface area (Å²) in [5, 5.41) is 0. The molecule has 1 heterocycles. The van der Waals surface area contributed by atoms with Gasteiger partial charge in [0.15, 0.2) is 0 Å². The summed E-state index contributed by atoms with van der Waals surface area (Å²) in [6.07, 6.45) is 11.1. The van der Waals surface area contributed by atoms with E-state index in [1.165, 1.54) is 27.8 Å². The van der Waals surface area contributed by atoms with Gasteiger partial charge in [0.25, 0.3) is 0 Å². The molecule has 0 saturated carbocycles. The van der Waals surface area contributed by atoms with Gasteiger partial charge in [0.05, 0.1) is 14.2 Å². The number of nitrogens with zero attached hydrogens (tertiary/aromatic N) is 1. The van der Waals surface area contributed by atoms with Crippen LogP contribution >= 0.6 is 12.4 Å². The highest BCUT2D eigenvalue weighted by atomic mass is 35.5. The number of ether oxygens (including phenoxy) is 2. The molecular weight excluding hydrogens is 454 g/mol. The lowest BCUT2D eigenvalue weighted by Crippen LogP contribution is -2.31. The fourth-order valence-electron chi connectivity index (χ4n) is 5.00. The molecule has 1 saturated heterocycles. The first-order valence-electron chi connectivity index (χ1n) is 12.0. The van der Waals surface area contributed by atoms with E-state index in [0.717, 1.165) is 49.5 Å². The molecule has 3 aromatic carbocycles. The van der Waals surface area contributed by atoms with Gasteiger partial charge in [0, 0.05) is 25.2 Å². The Hall–Kier alpha value is -3.27. The van der Waals surface area contributed by atoms with Crippen LogP contribution in [-0.2, 0) is 0 Å². The molecule has 0 aromatic heterocycles. The highest BCUT2D eigenvalue weighted by Gasteiger charge is 2.22. The monoisotopic (exact) mass is 485 g/mol. The summed E-state index contributed by atoms with van der Waals surface area (Å²) < 4.78 is 10.9. The predicted octanol–water partition coefficient (Wildman–Crippen LogP) is 7.22. The fraction of sp³-hybridized carbons (Fsp3) is 0.226. The van der Waals surface area contributed by atoms with Crippen molar-refractivity contribution in [2.45, 2.75) is 12.8 Å². The fourth-order valence-corrected chi connectivity index (χ4v) is 5.00. The maximum atomic E-state index is 5.50. The molecule has 35 heavy (non-hydrogen) atoms. The van der Waals surface area contributed by atoms with Gasteiger partial charge in [-0.05, 0) is 58.9 Å². The number of benzene rings is 3. The van der Waals surface area contributed by atoms with Crippen LogP contribution in [0.2, 0.25) is 0 Å². The van der Waals surface area contributed by atoms with Crippen LogP contribution in [-0.4, -0.2) is 38.8 Å². The molecule has 3 nitrogen and oxygen atoms in total. The molecule has 5 rings (SSSR count). The normalized spacial score (nSPS) is 15.3. The van der Waals surface area contributed by atoms with Gasteiger partial charge in [-0.25, -0.2) is 0 Å². The van der Waals surface area contributed by atoms with E-state index in [-0.39, 0.29) is 12.4 Å². The van der Waals surface area contributed by atoms with E-state index in [1.807, 2.05) is 18.2 Å². The van der Waals surface area contributed by atoms with Crippen molar-refractivity contribution in [3.8, 4) is 11.5 Å². The van der Waals surface area contributed by atoms with Crippen molar-refractivity contribution in [1.29, 1.82) is 0 Å². The first-order valence-corrected chi connectivity index (χ1v) is 12.0. The van der Waals surface area contributed by atoms with Gasteiger partial charge < -0.3 is 9.47 Å². The summed E-state index contributed by atoms with van der Waals surface area (Å²) in [6, 6.07) is 23.5. The van der Waals surface area contributed by atoms with Gasteiger partial charge in [-0.2, -0.15) is 0 Å². The minimum atomic E-state index is 0. The number of hydrogen-bond donors (Lipinski definition) is 0. The quantitative estimate of drug-likeness (QED) is 0.298. The number of likely N-dealkylation sites (tertiary alicyclic amines) is 1. The molecule has 1 aliphatic carbocycles. The lowest BCUT2D eigenvalue weighted by atomic mass is 9.86. The molecule has 0 amide bonds. The SMILES string of the molecule is COc1ccc(OC)c(/C=C/CN2CCC(=C3c4ccccc4C=Cc4ccccc43)CC2)c1.Cl. The highest BCUT2D eigenvalue weighted by Crippen LogP contribution is 2.38. The lowest BCUT2D eigenvalue weighted by molar-refractivity contribution is 0.284. The summed E-state index contributed by atoms with van der Waals surface area (Å²) in [4.78, 5) is 2.53. The molecule has 3 aromatic rings. The number of fused-ring (bicyclic) bond motifs is 2. The van der Waals surface area contributed by atoms with Crippen LogP contribution in [0.25, 0.3) is 23.8 Å². The van der Waals surface area contributed by atoms with Crippen LogP contribution in [0.5, 0.6) is 11.5 Å². The summed E-state index contributed by atoms with van der Waals surface area (Å²) in [5.74, 6) is 1.70. The Morgan fingerprint density at radius 1 is 0.800 bits per heavy atom. The Labute approximate surface area is 214 Å². The molecule has 4 heteroatoms. The minimum absolute atomic E-state index is 0. The van der Waals surface area contributed by atoms with E-state index in [1.54, 1.807) is 19.8 Å². The van der Waals surface area contributed by atoms with Crippen LogP contribution in [0.3, 0.4) is 0 Å². The number of piperidine rings is 1. The van der Waals surface area contributed by atoms with Crippen molar-refractivity contribution in [2.24, 2.45) is 0 Å². The first kappa shape index (κ1) is 24.8. The Balaban J connectivity index is 0.00000289. The summed E-state index contributed by atoms with van der Waals surface area (Å²) >= 11 is 0. The second kappa shape index (κ2) is 11.4. The Morgan fingerprint density at radius 2 is 1.43 bits per heavy atom. The number of methoxy groups -OCH3 is 2. The molecule has 0 N–H and O–H groups in total. The zero-order valence-electron chi connectivity index (χ0n) is 20.4. The van der Waals surface area contributed by atoms with Crippen molar-refractivity contribution >= 4 is 36.2 Å². The van der Waals surface area contributed by atoms with E-state index in [4.69, 9.17) is 9.47 Å². The highest BCUT2D eigenvalue weighted by molar-refractivity contribution is 5.94. The van der Waals surface area contributed by atoms with Crippen molar-refractivity contribution in [3.63, 3.8) is 0 Å². The maximum Gasteiger partial charge on any atom is 0.126 e. The third-order valence-corrected chi connectivity index (χ3v) is 6.81. The van der Waals surface area contributed by atoms with Crippen molar-refractivity contribution in [2.75, 3.05) is 33.9 Å². The van der Waals surface area contributed by atoms with E-state index < -0.39 is 0 Å². The van der Waals surface area contributed by atoms with Crippen molar-refractivity contribution in [3.05, 3.63) is 106 Å². The smallest absolute Gasteiger partial charge is 0.126 e. The van der Waals surface area contributed by atoms with Crippen LogP contribution in [0.1, 0.15) is 40.7 Å². The number of rotatable bonds is 5. The molecule has 0 atom stereocenters. The van der Waals surface area contributed by atoms with Crippen LogP contribution < -0.4 is 9.47 Å². The van der Waals surface area contributed by atoms with Crippen molar-refractivity contribution in [1.82, 2.24) is 4.90 Å².